The molecule has 0 fully saturated rings. The average molecular weight is 566 g/mol. The second-order valence-electron chi connectivity index (χ2n) is 12.0. The van der Waals surface area contributed by atoms with E-state index in [0.717, 1.165) is 60.7 Å². The predicted octanol–water partition coefficient (Wildman–Crippen LogP) is 10.2. The van der Waals surface area contributed by atoms with E-state index in [1.165, 1.54) is 22.3 Å². The summed E-state index contributed by atoms with van der Waals surface area (Å²) in [5.41, 5.74) is 11.7. The highest BCUT2D eigenvalue weighted by Crippen LogP contribution is 2.53. The van der Waals surface area contributed by atoms with Crippen LogP contribution in [0.1, 0.15) is 25.0 Å². The van der Waals surface area contributed by atoms with Crippen LogP contribution in [0.3, 0.4) is 0 Å². The van der Waals surface area contributed by atoms with Crippen LogP contribution in [0.5, 0.6) is 0 Å². The molecule has 0 saturated heterocycles. The number of nitrogens with zero attached hydrogens (tertiary/aromatic N) is 3. The zero-order chi connectivity index (χ0) is 29.4. The summed E-state index contributed by atoms with van der Waals surface area (Å²) >= 11 is 0. The van der Waals surface area contributed by atoms with Gasteiger partial charge in [0.05, 0.1) is 17.0 Å². The summed E-state index contributed by atoms with van der Waals surface area (Å²) in [6.45, 7) is 4.66. The Morgan fingerprint density at radius 2 is 1.30 bits per heavy atom. The Morgan fingerprint density at radius 1 is 0.568 bits per heavy atom. The molecular formula is C40H27N3O. The largest absolute Gasteiger partial charge is 0.436 e. The highest BCUT2D eigenvalue weighted by atomic mass is 16.3. The molecule has 0 bridgehead atoms. The lowest BCUT2D eigenvalue weighted by molar-refractivity contribution is 0.621. The van der Waals surface area contributed by atoms with Crippen molar-refractivity contribution in [3.63, 3.8) is 0 Å². The van der Waals surface area contributed by atoms with Gasteiger partial charge in [0.25, 0.3) is 0 Å². The first-order valence-electron chi connectivity index (χ1n) is 14.9. The molecule has 5 aromatic carbocycles. The molecule has 3 heterocycles. The molecule has 208 valence electrons. The molecule has 0 radical (unpaired) electrons. The molecule has 0 atom stereocenters. The van der Waals surface area contributed by atoms with E-state index in [1.807, 2.05) is 48.7 Å². The van der Waals surface area contributed by atoms with Gasteiger partial charge >= 0.3 is 0 Å². The predicted molar refractivity (Wildman–Crippen MR) is 178 cm³/mol. The molecule has 0 unspecified atom stereocenters. The van der Waals surface area contributed by atoms with Crippen molar-refractivity contribution in [2.45, 2.75) is 19.3 Å². The second-order valence-corrected chi connectivity index (χ2v) is 12.0. The van der Waals surface area contributed by atoms with E-state index < -0.39 is 0 Å². The molecule has 0 amide bonds. The first-order valence-corrected chi connectivity index (χ1v) is 14.9. The zero-order valence-corrected chi connectivity index (χ0v) is 24.4. The summed E-state index contributed by atoms with van der Waals surface area (Å²) in [6, 6.07) is 40.3. The molecule has 1 aliphatic carbocycles. The van der Waals surface area contributed by atoms with Gasteiger partial charge in [-0.2, -0.15) is 0 Å². The fraction of sp³-hybridized carbons (Fsp3) is 0.0750. The fourth-order valence-corrected chi connectivity index (χ4v) is 7.10. The standard InChI is InChI=1S/C40H27N3O/c1-40(2)31-14-6-5-11-25(31)28-21-29-30(22-32(28)40)37(24-18-19-34(42-23-24)33-15-9-10-20-41-33)26-12-3-4-13-27(26)38(29)39-43-35-16-7-8-17-36(35)44-39/h3-23H,1-2H3. The first kappa shape index (κ1) is 24.9. The van der Waals surface area contributed by atoms with Gasteiger partial charge in [0.2, 0.25) is 5.89 Å². The lowest BCUT2D eigenvalue weighted by Crippen LogP contribution is -2.14. The monoisotopic (exact) mass is 565 g/mol. The summed E-state index contributed by atoms with van der Waals surface area (Å²) < 4.78 is 6.48. The Hall–Kier alpha value is -5.61. The number of benzene rings is 5. The van der Waals surface area contributed by atoms with Crippen LogP contribution in [-0.2, 0) is 5.41 Å². The summed E-state index contributed by atoms with van der Waals surface area (Å²) in [6.07, 6.45) is 3.79. The summed E-state index contributed by atoms with van der Waals surface area (Å²) in [5, 5.41) is 4.51. The van der Waals surface area contributed by atoms with Crippen LogP contribution in [0.25, 0.3) is 77.7 Å². The van der Waals surface area contributed by atoms with Gasteiger partial charge in [0.15, 0.2) is 5.58 Å². The van der Waals surface area contributed by atoms with E-state index in [2.05, 4.69) is 91.6 Å². The molecule has 44 heavy (non-hydrogen) atoms. The smallest absolute Gasteiger partial charge is 0.228 e. The lowest BCUT2D eigenvalue weighted by atomic mass is 9.80. The number of aromatic nitrogens is 3. The third-order valence-corrected chi connectivity index (χ3v) is 9.21. The zero-order valence-electron chi connectivity index (χ0n) is 24.4. The van der Waals surface area contributed by atoms with E-state index in [9.17, 15) is 0 Å². The third-order valence-electron chi connectivity index (χ3n) is 9.21. The number of rotatable bonds is 3. The number of fused-ring (bicyclic) bond motifs is 6. The van der Waals surface area contributed by atoms with Crippen molar-refractivity contribution in [3.8, 4) is 45.1 Å². The van der Waals surface area contributed by atoms with Gasteiger partial charge in [0.1, 0.15) is 5.52 Å². The molecule has 1 aliphatic rings. The molecule has 8 aromatic rings. The van der Waals surface area contributed by atoms with Gasteiger partial charge < -0.3 is 4.42 Å². The van der Waals surface area contributed by atoms with Gasteiger partial charge in [-0.3, -0.25) is 9.97 Å². The van der Waals surface area contributed by atoms with Crippen molar-refractivity contribution in [3.05, 3.63) is 139 Å². The van der Waals surface area contributed by atoms with Gasteiger partial charge in [-0.1, -0.05) is 86.6 Å². The molecule has 9 rings (SSSR count). The van der Waals surface area contributed by atoms with Crippen LogP contribution < -0.4 is 0 Å². The number of pyridine rings is 2. The van der Waals surface area contributed by atoms with Crippen LogP contribution in [-0.4, -0.2) is 15.0 Å². The van der Waals surface area contributed by atoms with Crippen LogP contribution >= 0.6 is 0 Å². The Labute approximate surface area is 254 Å². The van der Waals surface area contributed by atoms with E-state index in [1.54, 1.807) is 6.20 Å². The number of hydrogen-bond acceptors (Lipinski definition) is 4. The normalized spacial score (nSPS) is 13.4. The Kier molecular flexibility index (Phi) is 5.21. The van der Waals surface area contributed by atoms with Gasteiger partial charge in [-0.25, -0.2) is 4.98 Å². The maximum atomic E-state index is 6.48. The SMILES string of the molecule is CC1(C)c2ccccc2-c2cc3c(-c4nc5ccccc5o4)c4ccccc4c(-c4ccc(-c5ccccn5)nc4)c3cc21. The molecule has 0 N–H and O–H groups in total. The van der Waals surface area contributed by atoms with E-state index in [0.29, 0.717) is 5.89 Å². The fourth-order valence-electron chi connectivity index (χ4n) is 7.10. The Balaban J connectivity index is 1.40. The van der Waals surface area contributed by atoms with Crippen molar-refractivity contribution in [2.75, 3.05) is 0 Å². The van der Waals surface area contributed by atoms with Crippen molar-refractivity contribution < 1.29 is 4.42 Å². The van der Waals surface area contributed by atoms with Crippen molar-refractivity contribution in [1.82, 2.24) is 15.0 Å². The molecule has 4 nitrogen and oxygen atoms in total. The van der Waals surface area contributed by atoms with E-state index in [-0.39, 0.29) is 5.41 Å². The quantitative estimate of drug-likeness (QED) is 0.200. The molecule has 0 spiro atoms. The number of hydrogen-bond donors (Lipinski definition) is 0. The summed E-state index contributed by atoms with van der Waals surface area (Å²) in [5.74, 6) is 0.632. The number of para-hydroxylation sites is 2. The van der Waals surface area contributed by atoms with Gasteiger partial charge in [0, 0.05) is 23.4 Å². The Morgan fingerprint density at radius 3 is 2.09 bits per heavy atom. The van der Waals surface area contributed by atoms with Crippen molar-refractivity contribution in [1.29, 1.82) is 0 Å². The summed E-state index contributed by atoms with van der Waals surface area (Å²) in [7, 11) is 0. The maximum absolute atomic E-state index is 6.48. The number of oxazole rings is 1. The lowest BCUT2D eigenvalue weighted by Gasteiger charge is -2.23. The highest BCUT2D eigenvalue weighted by molar-refractivity contribution is 6.22. The summed E-state index contributed by atoms with van der Waals surface area (Å²) in [4.78, 5) is 14.4. The topological polar surface area (TPSA) is 51.8 Å². The molecular weight excluding hydrogens is 538 g/mol. The molecule has 4 heteroatoms. The minimum absolute atomic E-state index is 0.137. The third kappa shape index (κ3) is 3.54. The molecule has 0 aliphatic heterocycles. The van der Waals surface area contributed by atoms with Crippen LogP contribution in [0.4, 0.5) is 0 Å². The van der Waals surface area contributed by atoms with E-state index >= 15 is 0 Å². The van der Waals surface area contributed by atoms with Gasteiger partial charge in [-0.05, 0) is 91.8 Å². The molecule has 0 saturated carbocycles. The van der Waals surface area contributed by atoms with Crippen LogP contribution in [0.2, 0.25) is 0 Å². The minimum atomic E-state index is -0.137. The Bertz CT molecular complexity index is 2370. The van der Waals surface area contributed by atoms with E-state index in [4.69, 9.17) is 14.4 Å². The first-order chi connectivity index (χ1) is 21.6. The second kappa shape index (κ2) is 9.19. The molecule has 3 aromatic heterocycles. The highest BCUT2D eigenvalue weighted by Gasteiger charge is 2.36. The van der Waals surface area contributed by atoms with Crippen LogP contribution in [0, 0.1) is 0 Å². The maximum Gasteiger partial charge on any atom is 0.228 e. The average Bonchev–Trinajstić information content (AvgIpc) is 3.59. The van der Waals surface area contributed by atoms with Crippen molar-refractivity contribution >= 4 is 32.6 Å². The van der Waals surface area contributed by atoms with Crippen LogP contribution in [0.15, 0.2) is 132 Å². The minimum Gasteiger partial charge on any atom is -0.436 e. The van der Waals surface area contributed by atoms with Gasteiger partial charge in [-0.15, -0.1) is 0 Å². The van der Waals surface area contributed by atoms with Crippen molar-refractivity contribution in [2.24, 2.45) is 0 Å².